The molecule has 0 atom stereocenters. The third kappa shape index (κ3) is 4.23. The molecular formula is C23H24O3. The van der Waals surface area contributed by atoms with E-state index in [1.54, 1.807) is 14.2 Å². The highest BCUT2D eigenvalue weighted by atomic mass is 16.5. The maximum Gasteiger partial charge on any atom is 0.185 e. The van der Waals surface area contributed by atoms with Crippen LogP contribution in [-0.4, -0.2) is 20.0 Å². The van der Waals surface area contributed by atoms with Crippen molar-refractivity contribution in [3.8, 4) is 11.5 Å². The van der Waals surface area contributed by atoms with E-state index in [4.69, 9.17) is 9.47 Å². The largest absolute Gasteiger partial charge is 0.497 e. The lowest BCUT2D eigenvalue weighted by atomic mass is 9.81. The van der Waals surface area contributed by atoms with Crippen LogP contribution in [0.25, 0.3) is 12.2 Å². The summed E-state index contributed by atoms with van der Waals surface area (Å²) in [4.78, 5) is 12.9. The minimum Gasteiger partial charge on any atom is -0.497 e. The van der Waals surface area contributed by atoms with Crippen molar-refractivity contribution in [1.82, 2.24) is 0 Å². The molecule has 0 saturated heterocycles. The van der Waals surface area contributed by atoms with Crippen LogP contribution in [0.4, 0.5) is 0 Å². The molecule has 0 unspecified atom stereocenters. The minimum absolute atomic E-state index is 0.148. The van der Waals surface area contributed by atoms with E-state index in [9.17, 15) is 4.79 Å². The van der Waals surface area contributed by atoms with Gasteiger partial charge >= 0.3 is 0 Å². The molecule has 0 heterocycles. The van der Waals surface area contributed by atoms with Gasteiger partial charge in [0, 0.05) is 11.1 Å². The summed E-state index contributed by atoms with van der Waals surface area (Å²) in [5, 5.41) is 0. The van der Waals surface area contributed by atoms with Gasteiger partial charge in [0.25, 0.3) is 0 Å². The Balaban J connectivity index is 1.86. The number of hydrogen-bond acceptors (Lipinski definition) is 3. The smallest absolute Gasteiger partial charge is 0.185 e. The second kappa shape index (κ2) is 8.05. The standard InChI is InChI=1S/C23H24O3/c1-16-12-19(14-17-4-8-21(25-2)9-5-17)23(24)20(13-16)15-18-6-10-22(26-3)11-7-18/h4-11,14-16H,12-13H2,1-3H3/b19-14+,20-15+. The predicted octanol–water partition coefficient (Wildman–Crippen LogP) is 5.17. The Kier molecular flexibility index (Phi) is 5.57. The van der Waals surface area contributed by atoms with E-state index in [-0.39, 0.29) is 5.78 Å². The Morgan fingerprint density at radius 2 is 1.15 bits per heavy atom. The van der Waals surface area contributed by atoms with Gasteiger partial charge in [0.15, 0.2) is 5.78 Å². The van der Waals surface area contributed by atoms with Gasteiger partial charge in [-0.3, -0.25) is 4.79 Å². The second-order valence-corrected chi connectivity index (χ2v) is 6.73. The van der Waals surface area contributed by atoms with Gasteiger partial charge in [0.2, 0.25) is 0 Å². The minimum atomic E-state index is 0.148. The summed E-state index contributed by atoms with van der Waals surface area (Å²) in [5.41, 5.74) is 3.78. The topological polar surface area (TPSA) is 35.5 Å². The molecule has 3 nitrogen and oxygen atoms in total. The van der Waals surface area contributed by atoms with E-state index in [1.165, 1.54) is 0 Å². The number of carbonyl (C=O) groups is 1. The number of hydrogen-bond donors (Lipinski definition) is 0. The third-order valence-electron chi connectivity index (χ3n) is 4.63. The molecule has 2 aromatic carbocycles. The molecular weight excluding hydrogens is 324 g/mol. The molecule has 1 aliphatic carbocycles. The van der Waals surface area contributed by atoms with Gasteiger partial charge in [-0.2, -0.15) is 0 Å². The van der Waals surface area contributed by atoms with E-state index in [0.717, 1.165) is 46.6 Å². The molecule has 0 spiro atoms. The quantitative estimate of drug-likeness (QED) is 0.715. The molecule has 2 aromatic rings. The normalized spacial score (nSPS) is 20.4. The molecule has 0 amide bonds. The number of allylic oxidation sites excluding steroid dienone is 2. The fourth-order valence-electron chi connectivity index (χ4n) is 3.27. The van der Waals surface area contributed by atoms with Crippen LogP contribution in [0.3, 0.4) is 0 Å². The van der Waals surface area contributed by atoms with Crippen molar-refractivity contribution in [1.29, 1.82) is 0 Å². The second-order valence-electron chi connectivity index (χ2n) is 6.73. The molecule has 0 bridgehead atoms. The Morgan fingerprint density at radius 3 is 1.50 bits per heavy atom. The highest BCUT2D eigenvalue weighted by molar-refractivity contribution is 6.14. The van der Waals surface area contributed by atoms with Crippen molar-refractivity contribution in [2.24, 2.45) is 5.92 Å². The lowest BCUT2D eigenvalue weighted by molar-refractivity contribution is -0.113. The van der Waals surface area contributed by atoms with Crippen LogP contribution in [0.5, 0.6) is 11.5 Å². The molecule has 134 valence electrons. The summed E-state index contributed by atoms with van der Waals surface area (Å²) in [6, 6.07) is 15.6. The molecule has 0 radical (unpaired) electrons. The van der Waals surface area contributed by atoms with Crippen molar-refractivity contribution >= 4 is 17.9 Å². The maximum atomic E-state index is 12.9. The molecule has 0 N–H and O–H groups in total. The van der Waals surface area contributed by atoms with Crippen molar-refractivity contribution < 1.29 is 14.3 Å². The molecule has 0 aliphatic heterocycles. The van der Waals surface area contributed by atoms with Gasteiger partial charge in [-0.25, -0.2) is 0 Å². The maximum absolute atomic E-state index is 12.9. The molecule has 0 aromatic heterocycles. The van der Waals surface area contributed by atoms with E-state index >= 15 is 0 Å². The van der Waals surface area contributed by atoms with Crippen LogP contribution in [0.2, 0.25) is 0 Å². The number of methoxy groups -OCH3 is 2. The van der Waals surface area contributed by atoms with Gasteiger partial charge in [-0.1, -0.05) is 31.2 Å². The van der Waals surface area contributed by atoms with Gasteiger partial charge in [-0.05, 0) is 66.3 Å². The van der Waals surface area contributed by atoms with Crippen LogP contribution >= 0.6 is 0 Å². The van der Waals surface area contributed by atoms with Gasteiger partial charge in [-0.15, -0.1) is 0 Å². The first-order valence-electron chi connectivity index (χ1n) is 8.83. The number of rotatable bonds is 4. The molecule has 1 saturated carbocycles. The lowest BCUT2D eigenvalue weighted by Gasteiger charge is -2.22. The number of ether oxygens (including phenoxy) is 2. The fraction of sp³-hybridized carbons (Fsp3) is 0.261. The summed E-state index contributed by atoms with van der Waals surface area (Å²) in [6.45, 7) is 2.19. The van der Waals surface area contributed by atoms with Crippen LogP contribution in [0.1, 0.15) is 30.9 Å². The summed E-state index contributed by atoms with van der Waals surface area (Å²) in [7, 11) is 3.30. The Morgan fingerprint density at radius 1 is 0.769 bits per heavy atom. The number of benzene rings is 2. The Bertz CT molecular complexity index is 757. The van der Waals surface area contributed by atoms with Crippen molar-refractivity contribution in [2.75, 3.05) is 14.2 Å². The molecule has 26 heavy (non-hydrogen) atoms. The Hall–Kier alpha value is -2.81. The Labute approximate surface area is 155 Å². The third-order valence-corrected chi connectivity index (χ3v) is 4.63. The lowest BCUT2D eigenvalue weighted by Crippen LogP contribution is -2.18. The SMILES string of the molecule is COc1ccc(/C=C2\CC(C)C/C(=C\c3ccc(OC)cc3)C2=O)cc1. The molecule has 3 rings (SSSR count). The highest BCUT2D eigenvalue weighted by Crippen LogP contribution is 2.32. The van der Waals surface area contributed by atoms with Crippen LogP contribution < -0.4 is 9.47 Å². The zero-order valence-corrected chi connectivity index (χ0v) is 15.5. The summed E-state index contributed by atoms with van der Waals surface area (Å²) in [6.07, 6.45) is 5.62. The zero-order valence-electron chi connectivity index (χ0n) is 15.5. The van der Waals surface area contributed by atoms with Crippen molar-refractivity contribution in [3.05, 3.63) is 70.8 Å². The summed E-state index contributed by atoms with van der Waals surface area (Å²) in [5.74, 6) is 2.22. The van der Waals surface area contributed by atoms with E-state index in [2.05, 4.69) is 6.92 Å². The predicted molar refractivity (Wildman–Crippen MR) is 105 cm³/mol. The summed E-state index contributed by atoms with van der Waals surface area (Å²) >= 11 is 0. The van der Waals surface area contributed by atoms with Crippen molar-refractivity contribution in [3.63, 3.8) is 0 Å². The molecule has 3 heteroatoms. The van der Waals surface area contributed by atoms with Crippen molar-refractivity contribution in [2.45, 2.75) is 19.8 Å². The number of carbonyl (C=O) groups excluding carboxylic acids is 1. The average molecular weight is 348 g/mol. The van der Waals surface area contributed by atoms with Gasteiger partial charge in [0.1, 0.15) is 11.5 Å². The highest BCUT2D eigenvalue weighted by Gasteiger charge is 2.25. The number of Topliss-reactive ketones (excluding diaryl/α,β-unsaturated/α-hetero) is 1. The first-order valence-corrected chi connectivity index (χ1v) is 8.83. The van der Waals surface area contributed by atoms with Crippen LogP contribution in [0, 0.1) is 5.92 Å². The van der Waals surface area contributed by atoms with Crippen LogP contribution in [0.15, 0.2) is 59.7 Å². The first kappa shape index (κ1) is 18.0. The zero-order chi connectivity index (χ0) is 18.5. The molecule has 1 aliphatic rings. The van der Waals surface area contributed by atoms with Gasteiger partial charge < -0.3 is 9.47 Å². The monoisotopic (exact) mass is 348 g/mol. The van der Waals surface area contributed by atoms with E-state index in [0.29, 0.717) is 5.92 Å². The average Bonchev–Trinajstić information content (AvgIpc) is 2.66. The first-order chi connectivity index (χ1) is 12.6. The van der Waals surface area contributed by atoms with Gasteiger partial charge in [0.05, 0.1) is 14.2 Å². The van der Waals surface area contributed by atoms with E-state index in [1.807, 2.05) is 60.7 Å². The van der Waals surface area contributed by atoms with Crippen LogP contribution in [-0.2, 0) is 4.79 Å². The van der Waals surface area contributed by atoms with E-state index < -0.39 is 0 Å². The number of ketones is 1. The fourth-order valence-corrected chi connectivity index (χ4v) is 3.27. The summed E-state index contributed by atoms with van der Waals surface area (Å²) < 4.78 is 10.4. The molecule has 1 fully saturated rings.